The van der Waals surface area contributed by atoms with Gasteiger partial charge in [0.1, 0.15) is 11.3 Å². The summed E-state index contributed by atoms with van der Waals surface area (Å²) >= 11 is 11.2. The number of rotatable bonds is 5. The van der Waals surface area contributed by atoms with Gasteiger partial charge in [0, 0.05) is 16.1 Å². The molecule has 1 aromatic heterocycles. The Morgan fingerprint density at radius 2 is 1.85 bits per heavy atom. The summed E-state index contributed by atoms with van der Waals surface area (Å²) < 4.78 is 11.4. The average molecular weight is 480 g/mol. The molecule has 0 fully saturated rings. The van der Waals surface area contributed by atoms with Gasteiger partial charge >= 0.3 is 0 Å². The molecule has 0 saturated carbocycles. The van der Waals surface area contributed by atoms with Crippen molar-refractivity contribution in [3.8, 4) is 17.2 Å². The number of carbonyl (C=O) groups is 1. The van der Waals surface area contributed by atoms with E-state index >= 15 is 0 Å². The van der Waals surface area contributed by atoms with Crippen LogP contribution in [0.3, 0.4) is 0 Å². The number of carbonyl (C=O) groups excluding carboxylic acids is 1. The lowest BCUT2D eigenvalue weighted by atomic mass is 10.0. The standard InChI is InChI=1S/C25H22ClN3O3S/c1-14(2)16-6-11-22-20(12-16)27-24(32-22)17-7-10-21(31-3)19(13-17)28-25(33)29-23(30)15-4-8-18(26)9-5-15/h4-14H,1-3H3,(H2,28,29,30,33). The number of nitrogens with zero attached hydrogens (tertiary/aromatic N) is 1. The molecule has 0 aliphatic rings. The van der Waals surface area contributed by atoms with Gasteiger partial charge in [0.15, 0.2) is 10.7 Å². The first-order valence-corrected chi connectivity index (χ1v) is 11.1. The number of hydrogen-bond donors (Lipinski definition) is 2. The third-order valence-corrected chi connectivity index (χ3v) is 5.56. The molecule has 0 unspecified atom stereocenters. The molecule has 0 aliphatic carbocycles. The first-order valence-electron chi connectivity index (χ1n) is 10.3. The lowest BCUT2D eigenvalue weighted by Gasteiger charge is -2.13. The van der Waals surface area contributed by atoms with Crippen molar-refractivity contribution in [2.75, 3.05) is 12.4 Å². The number of ether oxygens (including phenoxy) is 1. The van der Waals surface area contributed by atoms with Gasteiger partial charge in [-0.2, -0.15) is 0 Å². The fourth-order valence-electron chi connectivity index (χ4n) is 3.30. The highest BCUT2D eigenvalue weighted by Crippen LogP contribution is 2.32. The van der Waals surface area contributed by atoms with Crippen LogP contribution in [0.1, 0.15) is 35.7 Å². The zero-order valence-corrected chi connectivity index (χ0v) is 19.9. The highest BCUT2D eigenvalue weighted by atomic mass is 35.5. The number of anilines is 1. The van der Waals surface area contributed by atoms with E-state index in [0.29, 0.717) is 39.4 Å². The van der Waals surface area contributed by atoms with Crippen LogP contribution in [0.4, 0.5) is 5.69 Å². The lowest BCUT2D eigenvalue weighted by molar-refractivity contribution is 0.0977. The lowest BCUT2D eigenvalue weighted by Crippen LogP contribution is -2.34. The van der Waals surface area contributed by atoms with E-state index in [2.05, 4.69) is 29.5 Å². The minimum absolute atomic E-state index is 0.129. The van der Waals surface area contributed by atoms with E-state index in [1.165, 1.54) is 5.56 Å². The predicted octanol–water partition coefficient (Wildman–Crippen LogP) is 6.41. The number of methoxy groups -OCH3 is 1. The highest BCUT2D eigenvalue weighted by molar-refractivity contribution is 7.80. The smallest absolute Gasteiger partial charge is 0.257 e. The van der Waals surface area contributed by atoms with E-state index in [9.17, 15) is 4.79 Å². The first kappa shape index (κ1) is 22.8. The summed E-state index contributed by atoms with van der Waals surface area (Å²) in [5.74, 6) is 1.09. The molecule has 0 saturated heterocycles. The molecular weight excluding hydrogens is 458 g/mol. The number of halogens is 1. The van der Waals surface area contributed by atoms with E-state index in [1.54, 1.807) is 37.4 Å². The number of hydrogen-bond acceptors (Lipinski definition) is 5. The molecule has 6 nitrogen and oxygen atoms in total. The minimum Gasteiger partial charge on any atom is -0.495 e. The van der Waals surface area contributed by atoms with Crippen LogP contribution in [0.15, 0.2) is 65.1 Å². The van der Waals surface area contributed by atoms with Crippen LogP contribution in [0.5, 0.6) is 5.75 Å². The SMILES string of the molecule is COc1ccc(-c2nc3cc(C(C)C)ccc3o2)cc1NC(=S)NC(=O)c1ccc(Cl)cc1. The molecule has 1 heterocycles. The zero-order chi connectivity index (χ0) is 23.5. The van der Waals surface area contributed by atoms with Crippen molar-refractivity contribution in [2.45, 2.75) is 19.8 Å². The molecule has 4 aromatic rings. The summed E-state index contributed by atoms with van der Waals surface area (Å²) in [5, 5.41) is 6.36. The molecule has 3 aromatic carbocycles. The van der Waals surface area contributed by atoms with E-state index < -0.39 is 0 Å². The van der Waals surface area contributed by atoms with Gasteiger partial charge in [-0.25, -0.2) is 4.98 Å². The second-order valence-electron chi connectivity index (χ2n) is 7.73. The van der Waals surface area contributed by atoms with Crippen LogP contribution in [0, 0.1) is 0 Å². The largest absolute Gasteiger partial charge is 0.495 e. The van der Waals surface area contributed by atoms with Crippen molar-refractivity contribution >= 4 is 51.6 Å². The van der Waals surface area contributed by atoms with Crippen molar-refractivity contribution in [3.63, 3.8) is 0 Å². The molecule has 2 N–H and O–H groups in total. The molecule has 0 atom stereocenters. The van der Waals surface area contributed by atoms with Crippen LogP contribution in [0.2, 0.25) is 5.02 Å². The zero-order valence-electron chi connectivity index (χ0n) is 18.3. The molecule has 4 rings (SSSR count). The summed E-state index contributed by atoms with van der Waals surface area (Å²) in [4.78, 5) is 17.1. The highest BCUT2D eigenvalue weighted by Gasteiger charge is 2.15. The molecule has 0 spiro atoms. The fourth-order valence-corrected chi connectivity index (χ4v) is 3.62. The maximum Gasteiger partial charge on any atom is 0.257 e. The average Bonchev–Trinajstić information content (AvgIpc) is 3.22. The summed E-state index contributed by atoms with van der Waals surface area (Å²) in [7, 11) is 1.56. The number of oxazole rings is 1. The number of amides is 1. The van der Waals surface area contributed by atoms with Gasteiger partial charge in [0.25, 0.3) is 5.91 Å². The second kappa shape index (κ2) is 9.60. The number of benzene rings is 3. The Morgan fingerprint density at radius 1 is 1.09 bits per heavy atom. The van der Waals surface area contributed by atoms with Crippen LogP contribution in [-0.4, -0.2) is 23.1 Å². The second-order valence-corrected chi connectivity index (χ2v) is 8.58. The molecule has 1 amide bonds. The summed E-state index contributed by atoms with van der Waals surface area (Å²) in [6.45, 7) is 4.27. The van der Waals surface area contributed by atoms with Crippen LogP contribution < -0.4 is 15.4 Å². The minimum atomic E-state index is -0.348. The maximum absolute atomic E-state index is 12.4. The van der Waals surface area contributed by atoms with Gasteiger partial charge in [-0.15, -0.1) is 0 Å². The predicted molar refractivity (Wildman–Crippen MR) is 135 cm³/mol. The Kier molecular flexibility index (Phi) is 6.62. The Balaban J connectivity index is 1.56. The van der Waals surface area contributed by atoms with Gasteiger partial charge in [-0.1, -0.05) is 31.5 Å². The molecular formula is C25H22ClN3O3S. The van der Waals surface area contributed by atoms with Gasteiger partial charge in [0.05, 0.1) is 12.8 Å². The van der Waals surface area contributed by atoms with Crippen molar-refractivity contribution in [3.05, 3.63) is 76.8 Å². The fraction of sp³-hybridized carbons (Fsp3) is 0.160. The monoisotopic (exact) mass is 479 g/mol. The van der Waals surface area contributed by atoms with Gasteiger partial charge in [0.2, 0.25) is 5.89 Å². The number of aromatic nitrogens is 1. The van der Waals surface area contributed by atoms with Gasteiger partial charge in [-0.3, -0.25) is 10.1 Å². The van der Waals surface area contributed by atoms with Crippen LogP contribution >= 0.6 is 23.8 Å². The third-order valence-electron chi connectivity index (χ3n) is 5.11. The molecule has 0 aliphatic heterocycles. The maximum atomic E-state index is 12.4. The van der Waals surface area contributed by atoms with E-state index in [1.807, 2.05) is 30.3 Å². The molecule has 0 radical (unpaired) electrons. The van der Waals surface area contributed by atoms with E-state index in [-0.39, 0.29) is 11.0 Å². The summed E-state index contributed by atoms with van der Waals surface area (Å²) in [6.07, 6.45) is 0. The molecule has 0 bridgehead atoms. The van der Waals surface area contributed by atoms with Crippen LogP contribution in [0.25, 0.3) is 22.6 Å². The first-order chi connectivity index (χ1) is 15.8. The van der Waals surface area contributed by atoms with E-state index in [4.69, 9.17) is 33.0 Å². The Hall–Kier alpha value is -3.42. The van der Waals surface area contributed by atoms with E-state index in [0.717, 1.165) is 11.1 Å². The number of fused-ring (bicyclic) bond motifs is 1. The number of nitrogens with one attached hydrogen (secondary N) is 2. The molecule has 8 heteroatoms. The normalized spacial score (nSPS) is 10.9. The quantitative estimate of drug-likeness (QED) is 0.322. The van der Waals surface area contributed by atoms with Gasteiger partial charge in [-0.05, 0) is 78.3 Å². The van der Waals surface area contributed by atoms with Gasteiger partial charge < -0.3 is 14.5 Å². The Morgan fingerprint density at radius 3 is 2.55 bits per heavy atom. The molecule has 168 valence electrons. The van der Waals surface area contributed by atoms with Crippen LogP contribution in [-0.2, 0) is 0 Å². The van der Waals surface area contributed by atoms with Crippen molar-refractivity contribution in [2.24, 2.45) is 0 Å². The van der Waals surface area contributed by atoms with Crippen molar-refractivity contribution < 1.29 is 13.9 Å². The number of thiocarbonyl (C=S) groups is 1. The third kappa shape index (κ3) is 5.16. The topological polar surface area (TPSA) is 76.4 Å². The Bertz CT molecular complexity index is 1330. The van der Waals surface area contributed by atoms with Crippen molar-refractivity contribution in [1.82, 2.24) is 10.3 Å². The van der Waals surface area contributed by atoms with Crippen molar-refractivity contribution in [1.29, 1.82) is 0 Å². The summed E-state index contributed by atoms with van der Waals surface area (Å²) in [6, 6.07) is 18.0. The molecule has 33 heavy (non-hydrogen) atoms. The summed E-state index contributed by atoms with van der Waals surface area (Å²) in [5.41, 5.74) is 4.46. The Labute approximate surface area is 201 Å².